The number of Topliss-reactive ketones (excluding diaryl/α,β-unsaturated/α-hetero) is 2. The lowest BCUT2D eigenvalue weighted by atomic mass is 9.91. The maximum Gasteiger partial charge on any atom is 0.325 e. The fourth-order valence-electron chi connectivity index (χ4n) is 4.11. The van der Waals surface area contributed by atoms with Crippen molar-refractivity contribution in [1.82, 2.24) is 15.2 Å². The van der Waals surface area contributed by atoms with E-state index in [4.69, 9.17) is 0 Å². The second-order valence-corrected chi connectivity index (χ2v) is 8.00. The van der Waals surface area contributed by atoms with Gasteiger partial charge in [-0.15, -0.1) is 0 Å². The van der Waals surface area contributed by atoms with Crippen LogP contribution in [0.2, 0.25) is 0 Å². The molecule has 2 heterocycles. The minimum absolute atomic E-state index is 0.144. The van der Waals surface area contributed by atoms with E-state index in [1.165, 1.54) is 6.92 Å². The lowest BCUT2D eigenvalue weighted by molar-refractivity contribution is -0.130. The van der Waals surface area contributed by atoms with Gasteiger partial charge in [0.25, 0.3) is 5.91 Å². The number of amides is 3. The van der Waals surface area contributed by atoms with Crippen LogP contribution in [0.3, 0.4) is 0 Å². The number of carbonyl (C=O) groups is 4. The molecule has 0 unspecified atom stereocenters. The molecule has 7 heteroatoms. The zero-order valence-corrected chi connectivity index (χ0v) is 18.0. The summed E-state index contributed by atoms with van der Waals surface area (Å²) in [4.78, 5) is 54.2. The van der Waals surface area contributed by atoms with Crippen LogP contribution in [0.25, 0.3) is 0 Å². The molecule has 1 aliphatic heterocycles. The van der Waals surface area contributed by atoms with Crippen LogP contribution in [0.5, 0.6) is 0 Å². The Hall–Kier alpha value is -3.22. The molecule has 1 atom stereocenters. The number of H-pyrrole nitrogens is 1. The number of urea groups is 1. The summed E-state index contributed by atoms with van der Waals surface area (Å²) in [6.45, 7) is 8.18. The molecular formula is C23H27N3O4. The van der Waals surface area contributed by atoms with Crippen LogP contribution in [0.1, 0.15) is 70.4 Å². The van der Waals surface area contributed by atoms with Crippen molar-refractivity contribution in [3.63, 3.8) is 0 Å². The van der Waals surface area contributed by atoms with Crippen LogP contribution in [0.4, 0.5) is 4.79 Å². The topological polar surface area (TPSA) is 99.3 Å². The number of hydrogen-bond acceptors (Lipinski definition) is 4. The SMILES string of the molecule is CCCc1ccc([C@]2(C)NC(=O)N(CC(=O)c3[nH]c(C)c(C(C)=O)c3C)C2=O)cc1. The van der Waals surface area contributed by atoms with Gasteiger partial charge in [-0.25, -0.2) is 4.79 Å². The second-order valence-electron chi connectivity index (χ2n) is 8.00. The molecule has 3 rings (SSSR count). The van der Waals surface area contributed by atoms with Gasteiger partial charge in [0.1, 0.15) is 5.54 Å². The van der Waals surface area contributed by atoms with E-state index < -0.39 is 29.8 Å². The highest BCUT2D eigenvalue weighted by Gasteiger charge is 2.49. The summed E-state index contributed by atoms with van der Waals surface area (Å²) >= 11 is 0. The first-order valence-corrected chi connectivity index (χ1v) is 10.1. The van der Waals surface area contributed by atoms with Crippen molar-refractivity contribution >= 4 is 23.5 Å². The number of imide groups is 1. The molecule has 1 saturated heterocycles. The maximum atomic E-state index is 13.1. The normalized spacial score (nSPS) is 18.6. The van der Waals surface area contributed by atoms with Crippen molar-refractivity contribution < 1.29 is 19.2 Å². The predicted molar refractivity (Wildman–Crippen MR) is 113 cm³/mol. The zero-order chi connectivity index (χ0) is 22.2. The van der Waals surface area contributed by atoms with Crippen LogP contribution < -0.4 is 5.32 Å². The summed E-state index contributed by atoms with van der Waals surface area (Å²) in [5.74, 6) is -1.04. The number of rotatable bonds is 7. The molecule has 0 aliphatic carbocycles. The smallest absolute Gasteiger partial charge is 0.325 e. The van der Waals surface area contributed by atoms with Crippen LogP contribution in [0.15, 0.2) is 24.3 Å². The third-order valence-electron chi connectivity index (χ3n) is 5.72. The Morgan fingerprint density at radius 1 is 1.10 bits per heavy atom. The van der Waals surface area contributed by atoms with E-state index >= 15 is 0 Å². The van der Waals surface area contributed by atoms with Gasteiger partial charge in [-0.2, -0.15) is 0 Å². The first-order chi connectivity index (χ1) is 14.1. The number of aromatic nitrogens is 1. The molecule has 1 aliphatic rings. The van der Waals surface area contributed by atoms with E-state index in [1.54, 1.807) is 20.8 Å². The highest BCUT2D eigenvalue weighted by atomic mass is 16.2. The highest BCUT2D eigenvalue weighted by Crippen LogP contribution is 2.29. The van der Waals surface area contributed by atoms with E-state index in [0.29, 0.717) is 22.4 Å². The van der Waals surface area contributed by atoms with Crippen molar-refractivity contribution in [3.05, 3.63) is 57.9 Å². The van der Waals surface area contributed by atoms with Gasteiger partial charge in [0, 0.05) is 11.3 Å². The third kappa shape index (κ3) is 3.56. The summed E-state index contributed by atoms with van der Waals surface area (Å²) in [5, 5.41) is 2.73. The molecule has 3 amide bonds. The second kappa shape index (κ2) is 7.89. The van der Waals surface area contributed by atoms with Crippen molar-refractivity contribution in [1.29, 1.82) is 0 Å². The van der Waals surface area contributed by atoms with Crippen molar-refractivity contribution in [2.24, 2.45) is 0 Å². The highest BCUT2D eigenvalue weighted by molar-refractivity contribution is 6.12. The Labute approximate surface area is 175 Å². The molecule has 0 saturated carbocycles. The van der Waals surface area contributed by atoms with Gasteiger partial charge in [-0.05, 0) is 50.8 Å². The summed E-state index contributed by atoms with van der Waals surface area (Å²) in [6.07, 6.45) is 1.96. The first-order valence-electron chi connectivity index (χ1n) is 10.1. The largest absolute Gasteiger partial charge is 0.355 e. The van der Waals surface area contributed by atoms with E-state index in [0.717, 1.165) is 23.3 Å². The van der Waals surface area contributed by atoms with Crippen molar-refractivity contribution in [3.8, 4) is 0 Å². The Morgan fingerprint density at radius 2 is 1.73 bits per heavy atom. The van der Waals surface area contributed by atoms with E-state index in [1.807, 2.05) is 24.3 Å². The molecular weight excluding hydrogens is 382 g/mol. The van der Waals surface area contributed by atoms with Gasteiger partial charge in [0.2, 0.25) is 0 Å². The first kappa shape index (κ1) is 21.5. The van der Waals surface area contributed by atoms with Gasteiger partial charge in [0.05, 0.1) is 12.2 Å². The summed E-state index contributed by atoms with van der Waals surface area (Å²) in [5.41, 5.74) is 2.44. The van der Waals surface area contributed by atoms with E-state index in [-0.39, 0.29) is 11.5 Å². The minimum atomic E-state index is -1.23. The molecule has 2 N–H and O–H groups in total. The fourth-order valence-corrected chi connectivity index (χ4v) is 4.11. The lowest BCUT2D eigenvalue weighted by Gasteiger charge is -2.22. The number of ketones is 2. The number of carbonyl (C=O) groups excluding carboxylic acids is 4. The standard InChI is InChI=1S/C23H27N3O4/c1-6-7-16-8-10-17(11-9-16)23(5)21(29)26(22(30)25-23)12-18(28)20-13(2)19(15(4)27)14(3)24-20/h8-11,24H,6-7,12H2,1-5H3,(H,25,30)/t23-/m0/s1. The molecule has 1 aromatic heterocycles. The number of aromatic amines is 1. The van der Waals surface area contributed by atoms with Crippen LogP contribution in [-0.4, -0.2) is 39.9 Å². The molecule has 1 fully saturated rings. The van der Waals surface area contributed by atoms with Crippen LogP contribution in [0, 0.1) is 13.8 Å². The number of benzene rings is 1. The average Bonchev–Trinajstić information content (AvgIpc) is 3.10. The van der Waals surface area contributed by atoms with E-state index in [2.05, 4.69) is 17.2 Å². The van der Waals surface area contributed by atoms with Crippen LogP contribution in [-0.2, 0) is 16.8 Å². The van der Waals surface area contributed by atoms with Crippen molar-refractivity contribution in [2.45, 2.75) is 53.0 Å². The van der Waals surface area contributed by atoms with E-state index in [9.17, 15) is 19.2 Å². The minimum Gasteiger partial charge on any atom is -0.355 e. The molecule has 158 valence electrons. The Kier molecular flexibility index (Phi) is 5.65. The fraction of sp³-hybridized carbons (Fsp3) is 0.391. The van der Waals surface area contributed by atoms with Gasteiger partial charge >= 0.3 is 6.03 Å². The summed E-state index contributed by atoms with van der Waals surface area (Å²) in [6, 6.07) is 6.97. The van der Waals surface area contributed by atoms with Gasteiger partial charge < -0.3 is 10.3 Å². The Bertz CT molecular complexity index is 1040. The average molecular weight is 409 g/mol. The number of nitrogens with zero attached hydrogens (tertiary/aromatic N) is 1. The summed E-state index contributed by atoms with van der Waals surface area (Å²) in [7, 11) is 0. The number of nitrogens with one attached hydrogen (secondary N) is 2. The quantitative estimate of drug-likeness (QED) is 0.540. The number of hydrogen-bond donors (Lipinski definition) is 2. The monoisotopic (exact) mass is 409 g/mol. The van der Waals surface area contributed by atoms with Gasteiger partial charge in [-0.1, -0.05) is 37.6 Å². The molecule has 0 spiro atoms. The number of aryl methyl sites for hydroxylation is 2. The van der Waals surface area contributed by atoms with Gasteiger partial charge in [-0.3, -0.25) is 19.3 Å². The molecule has 7 nitrogen and oxygen atoms in total. The molecule has 0 radical (unpaired) electrons. The summed E-state index contributed by atoms with van der Waals surface area (Å²) < 4.78 is 0. The Balaban J connectivity index is 1.84. The van der Waals surface area contributed by atoms with Gasteiger partial charge in [0.15, 0.2) is 11.6 Å². The zero-order valence-electron chi connectivity index (χ0n) is 18.0. The molecule has 2 aromatic rings. The molecule has 0 bridgehead atoms. The third-order valence-corrected chi connectivity index (χ3v) is 5.72. The van der Waals surface area contributed by atoms with Crippen molar-refractivity contribution in [2.75, 3.05) is 6.54 Å². The van der Waals surface area contributed by atoms with Crippen LogP contribution >= 0.6 is 0 Å². The Morgan fingerprint density at radius 3 is 2.27 bits per heavy atom. The lowest BCUT2D eigenvalue weighted by Crippen LogP contribution is -2.41. The molecule has 30 heavy (non-hydrogen) atoms. The molecule has 1 aromatic carbocycles. The maximum absolute atomic E-state index is 13.1. The predicted octanol–water partition coefficient (Wildman–Crippen LogP) is 3.44.